The second kappa shape index (κ2) is 12.7. The highest BCUT2D eigenvalue weighted by Gasteiger charge is 2.40. The van der Waals surface area contributed by atoms with Crippen LogP contribution in [-0.4, -0.2) is 73.0 Å². The van der Waals surface area contributed by atoms with Gasteiger partial charge in [0.05, 0.1) is 23.9 Å². The molecule has 4 aromatic rings. The Labute approximate surface area is 258 Å². The van der Waals surface area contributed by atoms with Crippen LogP contribution in [0, 0.1) is 17.1 Å². The highest BCUT2D eigenvalue weighted by atomic mass is 19.1. The van der Waals surface area contributed by atoms with Gasteiger partial charge < -0.3 is 26.0 Å². The highest BCUT2D eigenvalue weighted by molar-refractivity contribution is 6.16. The van der Waals surface area contributed by atoms with Gasteiger partial charge in [0.15, 0.2) is 0 Å². The van der Waals surface area contributed by atoms with Gasteiger partial charge in [-0.25, -0.2) is 24.1 Å². The van der Waals surface area contributed by atoms with Gasteiger partial charge in [0, 0.05) is 30.7 Å². The van der Waals surface area contributed by atoms with E-state index < -0.39 is 11.7 Å². The van der Waals surface area contributed by atoms with E-state index in [1.165, 1.54) is 42.9 Å². The number of halogens is 1. The van der Waals surface area contributed by atoms with E-state index >= 15 is 0 Å². The zero-order valence-corrected chi connectivity index (χ0v) is 24.6. The molecule has 2 saturated carbocycles. The molecule has 232 valence electrons. The Bertz CT molecular complexity index is 1710. The Hall–Kier alpha value is -5.40. The number of nitrogen functional groups attached to an aromatic ring is 1. The number of aromatic nitrogens is 5. The lowest BCUT2D eigenvalue weighted by Crippen LogP contribution is -2.45. The molecule has 14 heteroatoms. The van der Waals surface area contributed by atoms with Crippen LogP contribution in [-0.2, 0) is 6.54 Å². The molecule has 1 unspecified atom stereocenters. The van der Waals surface area contributed by atoms with Crippen molar-refractivity contribution in [3.05, 3.63) is 89.5 Å². The topological polar surface area (TPSA) is 177 Å². The van der Waals surface area contributed by atoms with Gasteiger partial charge in [-0.05, 0) is 55.4 Å². The third-order valence-electron chi connectivity index (χ3n) is 7.98. The first kappa shape index (κ1) is 29.7. The number of hydrogen-bond donors (Lipinski definition) is 4. The van der Waals surface area contributed by atoms with E-state index in [2.05, 4.69) is 30.7 Å². The van der Waals surface area contributed by atoms with Gasteiger partial charge in [0.1, 0.15) is 42.2 Å². The van der Waals surface area contributed by atoms with E-state index in [4.69, 9.17) is 15.9 Å². The number of rotatable bonds is 12. The van der Waals surface area contributed by atoms with Gasteiger partial charge in [-0.3, -0.25) is 10.2 Å². The molecule has 0 spiro atoms. The molecule has 0 bridgehead atoms. The molecule has 0 radical (unpaired) electrons. The van der Waals surface area contributed by atoms with Gasteiger partial charge in [0.2, 0.25) is 0 Å². The molecule has 0 aliphatic heterocycles. The summed E-state index contributed by atoms with van der Waals surface area (Å²) < 4.78 is 20.1. The summed E-state index contributed by atoms with van der Waals surface area (Å²) in [5.41, 5.74) is 8.24. The van der Waals surface area contributed by atoms with Crippen molar-refractivity contribution in [2.75, 3.05) is 24.7 Å². The molecular weight excluding hydrogens is 579 g/mol. The fourth-order valence-electron chi connectivity index (χ4n) is 5.23. The molecule has 2 aromatic carbocycles. The SMILES string of the molecule is COc1ccc(F)cc1C(=O)NCc1ccc(C(=N)c2c(N)ncnc2NC(CN(C(=O)n2cncn2)C2CC2)C2CC2)cc1. The predicted molar refractivity (Wildman–Crippen MR) is 164 cm³/mol. The first-order valence-electron chi connectivity index (χ1n) is 14.6. The smallest absolute Gasteiger partial charge is 0.346 e. The molecule has 2 aliphatic rings. The third-order valence-corrected chi connectivity index (χ3v) is 7.98. The van der Waals surface area contributed by atoms with Crippen LogP contribution in [0.15, 0.2) is 61.4 Å². The molecular formula is C31H33FN10O3. The van der Waals surface area contributed by atoms with Crippen LogP contribution in [0.4, 0.5) is 20.8 Å². The Morgan fingerprint density at radius 2 is 1.91 bits per heavy atom. The van der Waals surface area contributed by atoms with Crippen LogP contribution in [0.25, 0.3) is 0 Å². The molecule has 0 saturated heterocycles. The van der Waals surface area contributed by atoms with Gasteiger partial charge in [-0.2, -0.15) is 9.78 Å². The summed E-state index contributed by atoms with van der Waals surface area (Å²) in [6.07, 6.45) is 8.02. The molecule has 1 atom stereocenters. The number of anilines is 2. The van der Waals surface area contributed by atoms with Gasteiger partial charge in [0.25, 0.3) is 5.91 Å². The minimum Gasteiger partial charge on any atom is -0.496 e. The van der Waals surface area contributed by atoms with Crippen LogP contribution in [0.5, 0.6) is 5.75 Å². The Morgan fingerprint density at radius 1 is 1.13 bits per heavy atom. The van der Waals surface area contributed by atoms with E-state index in [1.54, 1.807) is 24.3 Å². The number of carbonyl (C=O) groups is 2. The van der Waals surface area contributed by atoms with Crippen molar-refractivity contribution in [2.45, 2.75) is 44.3 Å². The molecule has 2 aliphatic carbocycles. The summed E-state index contributed by atoms with van der Waals surface area (Å²) in [4.78, 5) is 40.2. The largest absolute Gasteiger partial charge is 0.496 e. The second-order valence-electron chi connectivity index (χ2n) is 11.2. The van der Waals surface area contributed by atoms with E-state index in [1.807, 2.05) is 4.90 Å². The summed E-state index contributed by atoms with van der Waals surface area (Å²) >= 11 is 0. The van der Waals surface area contributed by atoms with Crippen LogP contribution in [0.2, 0.25) is 0 Å². The lowest BCUT2D eigenvalue weighted by molar-refractivity contribution is 0.0947. The number of nitrogens with two attached hydrogens (primary N) is 1. The average Bonchev–Trinajstić information content (AvgIpc) is 4.00. The Kier molecular flexibility index (Phi) is 8.36. The van der Waals surface area contributed by atoms with Crippen molar-refractivity contribution in [2.24, 2.45) is 5.92 Å². The van der Waals surface area contributed by atoms with Crippen LogP contribution in [0.3, 0.4) is 0 Å². The summed E-state index contributed by atoms with van der Waals surface area (Å²) in [5, 5.41) is 19.3. The number of benzene rings is 2. The average molecular weight is 613 g/mol. The molecule has 5 N–H and O–H groups in total. The maximum absolute atomic E-state index is 13.7. The van der Waals surface area contributed by atoms with Crippen LogP contribution in [0.1, 0.15) is 52.7 Å². The monoisotopic (exact) mass is 612 g/mol. The van der Waals surface area contributed by atoms with Crippen molar-refractivity contribution in [3.63, 3.8) is 0 Å². The Balaban J connectivity index is 1.16. The summed E-state index contributed by atoms with van der Waals surface area (Å²) in [7, 11) is 1.42. The quantitative estimate of drug-likeness (QED) is 0.174. The van der Waals surface area contributed by atoms with Crippen molar-refractivity contribution < 1.29 is 18.7 Å². The zero-order chi connectivity index (χ0) is 31.5. The second-order valence-corrected chi connectivity index (χ2v) is 11.2. The molecule has 2 heterocycles. The van der Waals surface area contributed by atoms with Gasteiger partial charge in [-0.15, -0.1) is 0 Å². The summed E-state index contributed by atoms with van der Waals surface area (Å²) in [5.74, 6) is 0.192. The minimum absolute atomic E-state index is 0.1000. The molecule has 6 rings (SSSR count). The lowest BCUT2D eigenvalue weighted by Gasteiger charge is -2.29. The maximum atomic E-state index is 13.7. The number of carbonyl (C=O) groups excluding carboxylic acids is 2. The maximum Gasteiger partial charge on any atom is 0.346 e. The normalized spacial score (nSPS) is 14.8. The fourth-order valence-corrected chi connectivity index (χ4v) is 5.23. The Morgan fingerprint density at radius 3 is 2.58 bits per heavy atom. The predicted octanol–water partition coefficient (Wildman–Crippen LogP) is 3.47. The van der Waals surface area contributed by atoms with Crippen LogP contribution >= 0.6 is 0 Å². The van der Waals surface area contributed by atoms with E-state index in [0.29, 0.717) is 29.4 Å². The highest BCUT2D eigenvalue weighted by Crippen LogP contribution is 2.37. The van der Waals surface area contributed by atoms with Crippen molar-refractivity contribution >= 4 is 29.3 Å². The van der Waals surface area contributed by atoms with Crippen molar-refractivity contribution in [1.82, 2.24) is 34.9 Å². The van der Waals surface area contributed by atoms with E-state index in [9.17, 15) is 14.0 Å². The van der Waals surface area contributed by atoms with Crippen molar-refractivity contribution in [3.8, 4) is 5.75 Å². The molecule has 13 nitrogen and oxygen atoms in total. The first-order valence-corrected chi connectivity index (χ1v) is 14.6. The first-order chi connectivity index (χ1) is 21.8. The summed E-state index contributed by atoms with van der Waals surface area (Å²) in [6, 6.07) is 10.7. The zero-order valence-electron chi connectivity index (χ0n) is 24.6. The molecule has 2 amide bonds. The van der Waals surface area contributed by atoms with Gasteiger partial charge in [-0.1, -0.05) is 24.3 Å². The number of ether oxygens (including phenoxy) is 1. The number of methoxy groups -OCH3 is 1. The van der Waals surface area contributed by atoms with Crippen LogP contribution < -0.4 is 21.1 Å². The number of amides is 2. The van der Waals surface area contributed by atoms with Crippen molar-refractivity contribution in [1.29, 1.82) is 5.41 Å². The molecule has 2 fully saturated rings. The number of nitrogens with one attached hydrogen (secondary N) is 3. The number of hydrogen-bond acceptors (Lipinski definition) is 10. The van der Waals surface area contributed by atoms with Gasteiger partial charge >= 0.3 is 6.03 Å². The van der Waals surface area contributed by atoms with E-state index in [-0.39, 0.29) is 47.5 Å². The number of nitrogens with zero attached hydrogens (tertiary/aromatic N) is 6. The molecule has 45 heavy (non-hydrogen) atoms. The fraction of sp³-hybridized carbons (Fsp3) is 0.323. The summed E-state index contributed by atoms with van der Waals surface area (Å²) in [6.45, 7) is 0.635. The minimum atomic E-state index is -0.536. The van der Waals surface area contributed by atoms with E-state index in [0.717, 1.165) is 37.3 Å². The standard InChI is InChI=1S/C31H33FN10O3/c1-45-25-11-8-21(32)12-23(25)30(43)36-13-18-2-4-20(5-3-18)27(33)26-28(34)37-16-38-29(26)40-24(19-6-7-19)14-41(22-9-10-22)31(44)42-17-35-15-39-42/h2-5,8,11-12,15-17,19,22,24,33H,6-7,9-10,13-14H2,1H3,(H,36,43)(H3,34,37,38,40). The molecule has 2 aromatic heterocycles. The third kappa shape index (κ3) is 6.74. The lowest BCUT2D eigenvalue weighted by atomic mass is 10.0.